The first kappa shape index (κ1) is 13.3. The van der Waals surface area contributed by atoms with E-state index >= 15 is 0 Å². The Morgan fingerprint density at radius 2 is 2.28 bits per heavy atom. The number of fused-ring (bicyclic) bond motifs is 1. The number of hydrogen-bond acceptors (Lipinski definition) is 3. The Labute approximate surface area is 111 Å². The minimum atomic E-state index is -0.836. The maximum Gasteiger partial charge on any atom is 0.201 e. The van der Waals surface area contributed by atoms with Crippen LogP contribution in [0.5, 0.6) is 0 Å². The second-order valence-electron chi connectivity index (χ2n) is 4.01. The molecule has 0 spiro atoms. The monoisotopic (exact) mass is 289 g/mol. The summed E-state index contributed by atoms with van der Waals surface area (Å²) in [4.78, 5) is 4.08. The fourth-order valence-corrected chi connectivity index (χ4v) is 2.49. The highest BCUT2D eigenvalue weighted by atomic mass is 35.5. The number of nitrogens with two attached hydrogens (primary N) is 1. The number of imidazole rings is 1. The van der Waals surface area contributed by atoms with Gasteiger partial charge in [0.05, 0.1) is 16.1 Å². The van der Waals surface area contributed by atoms with E-state index in [0.29, 0.717) is 35.7 Å². The standard InChI is InChI=1S/C11H13ClFN3OS/c1-18(17)4-2-3-16-10-5-7(12)8(13)6-9(10)15-11(16)14/h5-6H,2-4H2,1H3,(H2,14,15). The van der Waals surface area contributed by atoms with E-state index in [1.54, 1.807) is 10.8 Å². The molecule has 0 saturated carbocycles. The van der Waals surface area contributed by atoms with Crippen LogP contribution in [0.1, 0.15) is 6.42 Å². The van der Waals surface area contributed by atoms with Gasteiger partial charge in [-0.3, -0.25) is 4.21 Å². The van der Waals surface area contributed by atoms with Gasteiger partial charge in [-0.1, -0.05) is 11.6 Å². The van der Waals surface area contributed by atoms with E-state index in [2.05, 4.69) is 4.98 Å². The van der Waals surface area contributed by atoms with Crippen molar-refractivity contribution in [3.8, 4) is 0 Å². The molecule has 0 radical (unpaired) electrons. The molecule has 7 heteroatoms. The third kappa shape index (κ3) is 2.64. The summed E-state index contributed by atoms with van der Waals surface area (Å²) in [5.74, 6) is 0.394. The molecule has 1 aromatic carbocycles. The van der Waals surface area contributed by atoms with Gasteiger partial charge in [-0.15, -0.1) is 0 Å². The number of aryl methyl sites for hydroxylation is 1. The smallest absolute Gasteiger partial charge is 0.201 e. The maximum atomic E-state index is 13.3. The molecular weight excluding hydrogens is 277 g/mol. The van der Waals surface area contributed by atoms with Gasteiger partial charge in [-0.2, -0.15) is 0 Å². The first-order chi connectivity index (χ1) is 8.49. The SMILES string of the molecule is CS(=O)CCCn1c(N)nc2cc(F)c(Cl)cc21. The van der Waals surface area contributed by atoms with Crippen LogP contribution in [0.3, 0.4) is 0 Å². The molecule has 98 valence electrons. The maximum absolute atomic E-state index is 13.3. The zero-order valence-electron chi connectivity index (χ0n) is 9.82. The molecule has 0 aliphatic rings. The van der Waals surface area contributed by atoms with Crippen molar-refractivity contribution in [3.05, 3.63) is 23.0 Å². The molecule has 0 saturated heterocycles. The Morgan fingerprint density at radius 3 is 2.94 bits per heavy atom. The van der Waals surface area contributed by atoms with E-state index in [1.807, 2.05) is 0 Å². The summed E-state index contributed by atoms with van der Waals surface area (Å²) in [5, 5.41) is 0.0442. The van der Waals surface area contributed by atoms with Gasteiger partial charge in [-0.05, 0) is 12.5 Å². The van der Waals surface area contributed by atoms with Crippen LogP contribution >= 0.6 is 11.6 Å². The molecule has 1 heterocycles. The summed E-state index contributed by atoms with van der Waals surface area (Å²) in [5.41, 5.74) is 6.95. The molecular formula is C11H13ClFN3OS. The normalized spacial score (nSPS) is 13.1. The molecule has 0 amide bonds. The van der Waals surface area contributed by atoms with E-state index in [1.165, 1.54) is 12.1 Å². The molecule has 0 aliphatic carbocycles. The minimum Gasteiger partial charge on any atom is -0.369 e. The molecule has 1 atom stereocenters. The van der Waals surface area contributed by atoms with Crippen molar-refractivity contribution < 1.29 is 8.60 Å². The zero-order chi connectivity index (χ0) is 13.3. The second kappa shape index (κ2) is 5.24. The summed E-state index contributed by atoms with van der Waals surface area (Å²) in [6.45, 7) is 0.587. The van der Waals surface area contributed by atoms with Crippen molar-refractivity contribution in [1.82, 2.24) is 9.55 Å². The lowest BCUT2D eigenvalue weighted by atomic mass is 10.3. The highest BCUT2D eigenvalue weighted by Crippen LogP contribution is 2.24. The third-order valence-electron chi connectivity index (χ3n) is 2.63. The Bertz CT molecular complexity index is 614. The van der Waals surface area contributed by atoms with Crippen LogP contribution in [-0.4, -0.2) is 25.8 Å². The van der Waals surface area contributed by atoms with Gasteiger partial charge in [0, 0.05) is 35.4 Å². The molecule has 0 bridgehead atoms. The quantitative estimate of drug-likeness (QED) is 0.938. The molecule has 2 N–H and O–H groups in total. The molecule has 1 unspecified atom stereocenters. The second-order valence-corrected chi connectivity index (χ2v) is 5.97. The topological polar surface area (TPSA) is 60.9 Å². The van der Waals surface area contributed by atoms with Crippen molar-refractivity contribution in [2.45, 2.75) is 13.0 Å². The lowest BCUT2D eigenvalue weighted by Gasteiger charge is -2.05. The number of hydrogen-bond donors (Lipinski definition) is 1. The van der Waals surface area contributed by atoms with Crippen LogP contribution in [0.4, 0.5) is 10.3 Å². The molecule has 4 nitrogen and oxygen atoms in total. The number of nitrogen functional groups attached to an aromatic ring is 1. The van der Waals surface area contributed by atoms with Crippen LogP contribution in [0.2, 0.25) is 5.02 Å². The number of halogens is 2. The fourth-order valence-electron chi connectivity index (χ4n) is 1.80. The van der Waals surface area contributed by atoms with E-state index < -0.39 is 16.6 Å². The molecule has 2 rings (SSSR count). The van der Waals surface area contributed by atoms with Crippen LogP contribution in [0.15, 0.2) is 12.1 Å². The van der Waals surface area contributed by atoms with Crippen LogP contribution in [0, 0.1) is 5.82 Å². The Hall–Kier alpha value is -1.14. The van der Waals surface area contributed by atoms with Crippen LogP contribution in [-0.2, 0) is 17.3 Å². The first-order valence-corrected chi connectivity index (χ1v) is 7.50. The largest absolute Gasteiger partial charge is 0.369 e. The summed E-state index contributed by atoms with van der Waals surface area (Å²) < 4.78 is 26.0. The lowest BCUT2D eigenvalue weighted by Crippen LogP contribution is -2.06. The van der Waals surface area contributed by atoms with E-state index in [-0.39, 0.29) is 5.02 Å². The van der Waals surface area contributed by atoms with Crippen molar-refractivity contribution >= 4 is 39.4 Å². The molecule has 18 heavy (non-hydrogen) atoms. The number of rotatable bonds is 4. The summed E-state index contributed by atoms with van der Waals surface area (Å²) in [7, 11) is -0.836. The predicted octanol–water partition coefficient (Wildman–Crippen LogP) is 2.18. The summed E-state index contributed by atoms with van der Waals surface area (Å²) in [6, 6.07) is 2.78. The van der Waals surface area contributed by atoms with E-state index in [0.717, 1.165) is 0 Å². The molecule has 0 aliphatic heterocycles. The number of aromatic nitrogens is 2. The minimum absolute atomic E-state index is 0.0442. The lowest BCUT2D eigenvalue weighted by molar-refractivity contribution is 0.629. The van der Waals surface area contributed by atoms with Gasteiger partial charge in [0.15, 0.2) is 0 Å². The number of benzene rings is 1. The Morgan fingerprint density at radius 1 is 1.56 bits per heavy atom. The van der Waals surface area contributed by atoms with Crippen molar-refractivity contribution in [2.24, 2.45) is 0 Å². The third-order valence-corrected chi connectivity index (χ3v) is 3.79. The molecule has 1 aromatic heterocycles. The van der Waals surface area contributed by atoms with E-state index in [9.17, 15) is 8.60 Å². The fraction of sp³-hybridized carbons (Fsp3) is 0.364. The highest BCUT2D eigenvalue weighted by Gasteiger charge is 2.11. The van der Waals surface area contributed by atoms with E-state index in [4.69, 9.17) is 17.3 Å². The van der Waals surface area contributed by atoms with Crippen LogP contribution < -0.4 is 5.73 Å². The first-order valence-electron chi connectivity index (χ1n) is 5.40. The van der Waals surface area contributed by atoms with Gasteiger partial charge >= 0.3 is 0 Å². The summed E-state index contributed by atoms with van der Waals surface area (Å²) >= 11 is 5.75. The van der Waals surface area contributed by atoms with Gasteiger partial charge in [0.25, 0.3) is 0 Å². The number of nitrogens with zero attached hydrogens (tertiary/aromatic N) is 2. The van der Waals surface area contributed by atoms with Gasteiger partial charge in [0.1, 0.15) is 5.82 Å². The average molecular weight is 290 g/mol. The molecule has 2 aromatic rings. The zero-order valence-corrected chi connectivity index (χ0v) is 11.4. The average Bonchev–Trinajstić information content (AvgIpc) is 2.56. The van der Waals surface area contributed by atoms with Crippen LogP contribution in [0.25, 0.3) is 11.0 Å². The van der Waals surface area contributed by atoms with Gasteiger partial charge in [0.2, 0.25) is 5.95 Å². The van der Waals surface area contributed by atoms with Crippen molar-refractivity contribution in [2.75, 3.05) is 17.7 Å². The van der Waals surface area contributed by atoms with Gasteiger partial charge < -0.3 is 10.3 Å². The molecule has 0 fully saturated rings. The van der Waals surface area contributed by atoms with Crippen molar-refractivity contribution in [1.29, 1.82) is 0 Å². The summed E-state index contributed by atoms with van der Waals surface area (Å²) in [6.07, 6.45) is 2.37. The Balaban J connectivity index is 2.34. The predicted molar refractivity (Wildman–Crippen MR) is 72.7 cm³/mol. The Kier molecular flexibility index (Phi) is 3.87. The number of anilines is 1. The van der Waals surface area contributed by atoms with Gasteiger partial charge in [-0.25, -0.2) is 9.37 Å². The van der Waals surface area contributed by atoms with Crippen molar-refractivity contribution in [3.63, 3.8) is 0 Å². The highest BCUT2D eigenvalue weighted by molar-refractivity contribution is 7.84.